The van der Waals surface area contributed by atoms with Gasteiger partial charge in [-0.2, -0.15) is 0 Å². The molecule has 6 rings (SSSR count). The number of hydrogen-bond acceptors (Lipinski definition) is 3. The van der Waals surface area contributed by atoms with E-state index in [1.54, 1.807) is 0 Å². The number of nitrogens with one attached hydrogen (secondary N) is 2. The second-order valence-electron chi connectivity index (χ2n) is 7.07. The lowest BCUT2D eigenvalue weighted by Gasteiger charge is -1.85. The number of hydrogen-bond donors (Lipinski definition) is 2. The highest BCUT2D eigenvalue weighted by atomic mass is 16.3. The van der Waals surface area contributed by atoms with Crippen molar-refractivity contribution >= 4 is 57.5 Å². The van der Waals surface area contributed by atoms with Crippen LogP contribution in [0.1, 0.15) is 22.8 Å². The van der Waals surface area contributed by atoms with Crippen LogP contribution in [0.3, 0.4) is 0 Å². The van der Waals surface area contributed by atoms with Gasteiger partial charge < -0.3 is 14.4 Å². The average molecular weight is 376 g/mol. The van der Waals surface area contributed by atoms with E-state index in [1.807, 2.05) is 66.8 Å². The van der Waals surface area contributed by atoms with Gasteiger partial charge in [-0.1, -0.05) is 0 Å². The fourth-order valence-electron chi connectivity index (χ4n) is 3.55. The monoisotopic (exact) mass is 376 g/mol. The normalized spacial score (nSPS) is 12.6. The van der Waals surface area contributed by atoms with Crippen molar-refractivity contribution in [2.45, 2.75) is 0 Å². The van der Waals surface area contributed by atoms with Gasteiger partial charge in [0, 0.05) is 28.1 Å². The van der Waals surface area contributed by atoms with Crippen LogP contribution in [-0.2, 0) is 0 Å². The lowest BCUT2D eigenvalue weighted by atomic mass is 10.3. The lowest BCUT2D eigenvalue weighted by molar-refractivity contribution is 0.663. The van der Waals surface area contributed by atoms with Gasteiger partial charge in [-0.15, -0.1) is 0 Å². The maximum Gasteiger partial charge on any atom is 0.153 e. The van der Waals surface area contributed by atoms with Crippen LogP contribution < -0.4 is 0 Å². The van der Waals surface area contributed by atoms with E-state index in [0.29, 0.717) is 0 Å². The topological polar surface area (TPSA) is 70.5 Å². The molecule has 0 fully saturated rings. The molecule has 0 aromatic carbocycles. The summed E-state index contributed by atoms with van der Waals surface area (Å²) in [4.78, 5) is 16.1. The Morgan fingerprint density at radius 3 is 1.86 bits per heavy atom. The van der Waals surface area contributed by atoms with Gasteiger partial charge in [-0.05, 0) is 78.9 Å². The third kappa shape index (κ3) is 3.08. The number of rotatable bonds is 0. The predicted octanol–water partition coefficient (Wildman–Crippen LogP) is 5.96. The summed E-state index contributed by atoms with van der Waals surface area (Å²) in [6.07, 6.45) is 7.94. The van der Waals surface area contributed by atoms with Crippen LogP contribution in [0.5, 0.6) is 0 Å². The Kier molecular flexibility index (Phi) is 3.40. The molecule has 4 aromatic rings. The minimum atomic E-state index is 0.742. The zero-order chi connectivity index (χ0) is 19.2. The van der Waals surface area contributed by atoms with Gasteiger partial charge in [-0.3, -0.25) is 0 Å². The minimum absolute atomic E-state index is 0.742. The number of aromatic nitrogens is 4. The van der Waals surface area contributed by atoms with Gasteiger partial charge in [-0.25, -0.2) is 9.97 Å². The summed E-state index contributed by atoms with van der Waals surface area (Å²) < 4.78 is 5.96. The number of fused-ring (bicyclic) bond motifs is 11. The smallest absolute Gasteiger partial charge is 0.153 e. The summed E-state index contributed by atoms with van der Waals surface area (Å²) in [5.41, 5.74) is 9.00. The fourth-order valence-corrected chi connectivity index (χ4v) is 3.55. The van der Waals surface area contributed by atoms with Gasteiger partial charge in [0.2, 0.25) is 0 Å². The fraction of sp³-hybridized carbons (Fsp3) is 0. The molecule has 2 N–H and O–H groups in total. The first kappa shape index (κ1) is 15.9. The van der Waals surface area contributed by atoms with Crippen molar-refractivity contribution in [3.05, 3.63) is 83.4 Å². The number of H-pyrrole nitrogens is 2. The largest absolute Gasteiger partial charge is 0.455 e. The summed E-state index contributed by atoms with van der Waals surface area (Å²) in [6.45, 7) is 0. The lowest BCUT2D eigenvalue weighted by Crippen LogP contribution is -1.73. The number of nitrogens with zero attached hydrogens (tertiary/aromatic N) is 2. The molecule has 4 aromatic heterocycles. The first-order valence-corrected chi connectivity index (χ1v) is 9.42. The van der Waals surface area contributed by atoms with E-state index in [1.165, 1.54) is 0 Å². The van der Waals surface area contributed by atoms with E-state index in [9.17, 15) is 0 Å². The van der Waals surface area contributed by atoms with E-state index < -0.39 is 0 Å². The van der Waals surface area contributed by atoms with Crippen LogP contribution in [0.2, 0.25) is 0 Å². The molecule has 10 bridgehead atoms. The molecule has 138 valence electrons. The van der Waals surface area contributed by atoms with Crippen molar-refractivity contribution in [3.63, 3.8) is 0 Å². The molecule has 0 spiro atoms. The van der Waals surface area contributed by atoms with Crippen LogP contribution >= 0.6 is 0 Å². The van der Waals surface area contributed by atoms with E-state index in [-0.39, 0.29) is 0 Å². The summed E-state index contributed by atoms with van der Waals surface area (Å²) in [6, 6.07) is 20.1. The Labute approximate surface area is 165 Å². The van der Waals surface area contributed by atoms with Crippen LogP contribution in [-0.4, -0.2) is 19.9 Å². The molecule has 6 heterocycles. The van der Waals surface area contributed by atoms with Crippen molar-refractivity contribution in [2.24, 2.45) is 0 Å². The quantitative estimate of drug-likeness (QED) is 0.343. The highest BCUT2D eigenvalue weighted by Gasteiger charge is 2.04. The zero-order valence-electron chi connectivity index (χ0n) is 15.4. The Balaban J connectivity index is 1.66. The highest BCUT2D eigenvalue weighted by Crippen LogP contribution is 2.21. The van der Waals surface area contributed by atoms with Crippen LogP contribution in [0.15, 0.2) is 65.1 Å². The predicted molar refractivity (Wildman–Crippen MR) is 117 cm³/mol. The molecule has 29 heavy (non-hydrogen) atoms. The van der Waals surface area contributed by atoms with E-state index >= 15 is 0 Å². The minimum Gasteiger partial charge on any atom is -0.455 e. The van der Waals surface area contributed by atoms with Crippen molar-refractivity contribution in [1.29, 1.82) is 0 Å². The van der Waals surface area contributed by atoms with Gasteiger partial charge >= 0.3 is 0 Å². The second-order valence-corrected chi connectivity index (χ2v) is 7.07. The van der Waals surface area contributed by atoms with Gasteiger partial charge in [0.25, 0.3) is 0 Å². The SMILES string of the molecule is C1=Cc2cc3ccc(o3)c3nc(cc4ccc(cc5ccc(cc1n2)[nH]5)[nH]4)C=C3. The second kappa shape index (κ2) is 6.21. The molecular formula is C24H16N4O. The summed E-state index contributed by atoms with van der Waals surface area (Å²) >= 11 is 0. The molecule has 0 saturated carbocycles. The van der Waals surface area contributed by atoms with E-state index in [4.69, 9.17) is 4.42 Å². The molecule has 2 aliphatic heterocycles. The number of furan rings is 1. The maximum absolute atomic E-state index is 5.96. The molecule has 2 aliphatic rings. The molecule has 0 aliphatic carbocycles. The zero-order valence-corrected chi connectivity index (χ0v) is 15.4. The van der Waals surface area contributed by atoms with E-state index in [2.05, 4.69) is 38.1 Å². The molecule has 0 unspecified atom stereocenters. The first-order chi connectivity index (χ1) is 14.3. The van der Waals surface area contributed by atoms with Crippen molar-refractivity contribution in [3.8, 4) is 0 Å². The van der Waals surface area contributed by atoms with Gasteiger partial charge in [0.15, 0.2) is 5.58 Å². The Bertz CT molecular complexity index is 1510. The Hall–Kier alpha value is -4.12. The molecule has 0 amide bonds. The Morgan fingerprint density at radius 2 is 1.14 bits per heavy atom. The van der Waals surface area contributed by atoms with Crippen molar-refractivity contribution in [2.75, 3.05) is 0 Å². The molecule has 0 radical (unpaired) electrons. The maximum atomic E-state index is 5.96. The van der Waals surface area contributed by atoms with Crippen LogP contribution in [0.25, 0.3) is 57.5 Å². The van der Waals surface area contributed by atoms with E-state index in [0.717, 1.165) is 56.0 Å². The highest BCUT2D eigenvalue weighted by molar-refractivity contribution is 5.80. The van der Waals surface area contributed by atoms with Gasteiger partial charge in [0.05, 0.1) is 17.1 Å². The Morgan fingerprint density at radius 1 is 0.552 bits per heavy atom. The number of aromatic amines is 2. The van der Waals surface area contributed by atoms with Crippen LogP contribution in [0, 0.1) is 0 Å². The molecule has 0 atom stereocenters. The third-order valence-electron chi connectivity index (χ3n) is 4.89. The molecule has 5 heteroatoms. The average Bonchev–Trinajstić information content (AvgIpc) is 3.50. The third-order valence-corrected chi connectivity index (χ3v) is 4.89. The summed E-state index contributed by atoms with van der Waals surface area (Å²) in [5, 5.41) is 0. The first-order valence-electron chi connectivity index (χ1n) is 9.42. The standard InChI is InChI=1S/C24H16N4O/c1-2-17-12-18-5-6-21(27-18)14-22-8-10-24(29-22)23-9-7-20(28-23)13-19-4-3-16(26-19)11-15(1)25-17/h1-14,25-26H. The summed E-state index contributed by atoms with van der Waals surface area (Å²) in [5.74, 6) is 0. The van der Waals surface area contributed by atoms with Crippen molar-refractivity contribution in [1.82, 2.24) is 19.9 Å². The van der Waals surface area contributed by atoms with Gasteiger partial charge in [0.1, 0.15) is 11.3 Å². The van der Waals surface area contributed by atoms with Crippen LogP contribution in [0.4, 0.5) is 0 Å². The summed E-state index contributed by atoms with van der Waals surface area (Å²) in [7, 11) is 0. The van der Waals surface area contributed by atoms with Crippen molar-refractivity contribution < 1.29 is 4.42 Å². The molecule has 5 nitrogen and oxygen atoms in total. The molecular weight excluding hydrogens is 360 g/mol. The molecule has 0 saturated heterocycles.